The molecule has 0 unspecified atom stereocenters. The van der Waals surface area contributed by atoms with Crippen molar-refractivity contribution < 1.29 is 8.42 Å². The Bertz CT molecular complexity index is 906. The van der Waals surface area contributed by atoms with Crippen molar-refractivity contribution in [3.8, 4) is 0 Å². The van der Waals surface area contributed by atoms with Crippen LogP contribution >= 0.6 is 0 Å². The van der Waals surface area contributed by atoms with Crippen LogP contribution in [-0.2, 0) is 9.84 Å². The van der Waals surface area contributed by atoms with Crippen LogP contribution in [0.15, 0.2) is 30.5 Å². The Balaban J connectivity index is 1.84. The monoisotopic (exact) mass is 373 g/mol. The maximum atomic E-state index is 11.8. The number of aromatic nitrogens is 2. The van der Waals surface area contributed by atoms with Crippen LogP contribution in [0.5, 0.6) is 0 Å². The Morgan fingerprint density at radius 1 is 1.27 bits per heavy atom. The number of rotatable bonds is 5. The third-order valence-electron chi connectivity index (χ3n) is 4.65. The number of anilines is 3. The molecular weight excluding hydrogens is 350 g/mol. The fourth-order valence-corrected chi connectivity index (χ4v) is 4.35. The van der Waals surface area contributed by atoms with E-state index in [0.717, 1.165) is 16.9 Å². The van der Waals surface area contributed by atoms with E-state index in [4.69, 9.17) is 5.41 Å². The standard InChI is InChI=1S/C18H23N5O2S/c1-13-20-9-6-18(21-13)22-16-4-3-5-17(15(16)12-19)23-10-7-14(8-11-23)26(2,24)25/h3-6,9,12,14,19H,7-8,10-11H2,1-2H3,(H,20,21,22). The molecule has 0 bridgehead atoms. The Morgan fingerprint density at radius 3 is 2.62 bits per heavy atom. The number of hydrogen-bond acceptors (Lipinski definition) is 7. The predicted octanol–water partition coefficient (Wildman–Crippen LogP) is 2.54. The third kappa shape index (κ3) is 4.01. The lowest BCUT2D eigenvalue weighted by Gasteiger charge is -2.34. The molecule has 1 fully saturated rings. The molecule has 0 atom stereocenters. The van der Waals surface area contributed by atoms with Crippen molar-refractivity contribution in [2.75, 3.05) is 29.6 Å². The van der Waals surface area contributed by atoms with Crippen molar-refractivity contribution in [2.24, 2.45) is 0 Å². The molecule has 3 rings (SSSR count). The molecule has 1 aromatic carbocycles. The van der Waals surface area contributed by atoms with Crippen LogP contribution in [0.25, 0.3) is 0 Å². The van der Waals surface area contributed by atoms with Crippen LogP contribution in [0.3, 0.4) is 0 Å². The van der Waals surface area contributed by atoms with Gasteiger partial charge in [0.2, 0.25) is 0 Å². The minimum atomic E-state index is -3.00. The van der Waals surface area contributed by atoms with Gasteiger partial charge in [0.15, 0.2) is 0 Å². The summed E-state index contributed by atoms with van der Waals surface area (Å²) in [4.78, 5) is 10.6. The van der Waals surface area contributed by atoms with Crippen LogP contribution < -0.4 is 10.2 Å². The van der Waals surface area contributed by atoms with E-state index < -0.39 is 9.84 Å². The molecule has 2 heterocycles. The maximum absolute atomic E-state index is 11.8. The molecule has 1 aromatic heterocycles. The van der Waals surface area contributed by atoms with Gasteiger partial charge in [-0.3, -0.25) is 0 Å². The smallest absolute Gasteiger partial charge is 0.150 e. The summed E-state index contributed by atoms with van der Waals surface area (Å²) < 4.78 is 23.5. The number of piperidine rings is 1. The van der Waals surface area contributed by atoms with Gasteiger partial charge in [0, 0.05) is 43.0 Å². The van der Waals surface area contributed by atoms with Gasteiger partial charge in [0.25, 0.3) is 0 Å². The van der Waals surface area contributed by atoms with Crippen molar-refractivity contribution in [2.45, 2.75) is 25.0 Å². The summed E-state index contributed by atoms with van der Waals surface area (Å²) in [6.07, 6.45) is 5.55. The Labute approximate surface area is 153 Å². The van der Waals surface area contributed by atoms with Crippen molar-refractivity contribution in [1.29, 1.82) is 5.41 Å². The Morgan fingerprint density at radius 2 is 2.00 bits per heavy atom. The van der Waals surface area contributed by atoms with Gasteiger partial charge in [-0.25, -0.2) is 18.4 Å². The van der Waals surface area contributed by atoms with Gasteiger partial charge in [-0.15, -0.1) is 0 Å². The number of nitrogens with zero attached hydrogens (tertiary/aromatic N) is 3. The molecule has 0 amide bonds. The van der Waals surface area contributed by atoms with E-state index in [9.17, 15) is 8.42 Å². The minimum absolute atomic E-state index is 0.271. The molecule has 1 saturated heterocycles. The SMILES string of the molecule is Cc1nccc(Nc2cccc(N3CCC(S(C)(=O)=O)CC3)c2C=N)n1. The van der Waals surface area contributed by atoms with Gasteiger partial charge >= 0.3 is 0 Å². The molecule has 0 spiro atoms. The van der Waals surface area contributed by atoms with E-state index in [1.165, 1.54) is 12.5 Å². The molecule has 0 saturated carbocycles. The Kier molecular flexibility index (Phi) is 5.22. The van der Waals surface area contributed by atoms with Crippen molar-refractivity contribution in [1.82, 2.24) is 9.97 Å². The first kappa shape index (κ1) is 18.3. The molecule has 26 heavy (non-hydrogen) atoms. The van der Waals surface area contributed by atoms with Crippen LogP contribution in [0.1, 0.15) is 24.2 Å². The maximum Gasteiger partial charge on any atom is 0.150 e. The fourth-order valence-electron chi connectivity index (χ4n) is 3.28. The zero-order valence-electron chi connectivity index (χ0n) is 14.9. The van der Waals surface area contributed by atoms with Crippen LogP contribution in [0.4, 0.5) is 17.2 Å². The van der Waals surface area contributed by atoms with Crippen molar-refractivity contribution >= 4 is 33.2 Å². The van der Waals surface area contributed by atoms with Gasteiger partial charge in [-0.1, -0.05) is 6.07 Å². The average Bonchev–Trinajstić information content (AvgIpc) is 2.61. The minimum Gasteiger partial charge on any atom is -0.371 e. The van der Waals surface area contributed by atoms with Crippen molar-refractivity contribution in [3.05, 3.63) is 41.9 Å². The lowest BCUT2D eigenvalue weighted by atomic mass is 10.1. The molecule has 138 valence electrons. The number of aryl methyl sites for hydroxylation is 1. The van der Waals surface area contributed by atoms with E-state index in [1.54, 1.807) is 12.3 Å². The molecule has 0 aliphatic carbocycles. The molecule has 0 radical (unpaired) electrons. The highest BCUT2D eigenvalue weighted by molar-refractivity contribution is 7.91. The molecule has 1 aliphatic rings. The first-order valence-electron chi connectivity index (χ1n) is 8.52. The number of benzene rings is 1. The fraction of sp³-hybridized carbons (Fsp3) is 0.389. The average molecular weight is 373 g/mol. The predicted molar refractivity (Wildman–Crippen MR) is 104 cm³/mol. The van der Waals surface area contributed by atoms with Gasteiger partial charge < -0.3 is 15.6 Å². The summed E-state index contributed by atoms with van der Waals surface area (Å²) in [5, 5.41) is 10.9. The van der Waals surface area contributed by atoms with Crippen LogP contribution in [0.2, 0.25) is 0 Å². The third-order valence-corrected chi connectivity index (χ3v) is 6.34. The van der Waals surface area contributed by atoms with Gasteiger partial charge in [0.05, 0.1) is 10.9 Å². The van der Waals surface area contributed by atoms with Gasteiger partial charge in [-0.2, -0.15) is 0 Å². The molecule has 8 heteroatoms. The number of sulfone groups is 1. The van der Waals surface area contributed by atoms with Crippen LogP contribution in [-0.4, -0.2) is 49.2 Å². The zero-order valence-corrected chi connectivity index (χ0v) is 15.8. The van der Waals surface area contributed by atoms with E-state index in [-0.39, 0.29) is 5.25 Å². The van der Waals surface area contributed by atoms with E-state index in [1.807, 2.05) is 25.1 Å². The summed E-state index contributed by atoms with van der Waals surface area (Å²) in [6.45, 7) is 3.15. The van der Waals surface area contributed by atoms with E-state index in [0.29, 0.717) is 37.6 Å². The molecule has 2 aromatic rings. The summed E-state index contributed by atoms with van der Waals surface area (Å²) in [5.41, 5.74) is 2.49. The highest BCUT2D eigenvalue weighted by atomic mass is 32.2. The first-order chi connectivity index (χ1) is 12.4. The van der Waals surface area contributed by atoms with Crippen LogP contribution in [0, 0.1) is 12.3 Å². The Hall–Kier alpha value is -2.48. The quantitative estimate of drug-likeness (QED) is 0.782. The lowest BCUT2D eigenvalue weighted by Crippen LogP contribution is -2.39. The van der Waals surface area contributed by atoms with E-state index >= 15 is 0 Å². The van der Waals surface area contributed by atoms with Crippen molar-refractivity contribution in [3.63, 3.8) is 0 Å². The van der Waals surface area contributed by atoms with Gasteiger partial charge in [-0.05, 0) is 38.0 Å². The summed E-state index contributed by atoms with van der Waals surface area (Å²) >= 11 is 0. The number of nitrogens with one attached hydrogen (secondary N) is 2. The highest BCUT2D eigenvalue weighted by Crippen LogP contribution is 2.31. The highest BCUT2D eigenvalue weighted by Gasteiger charge is 2.27. The summed E-state index contributed by atoms with van der Waals surface area (Å²) in [6, 6.07) is 7.59. The first-order valence-corrected chi connectivity index (χ1v) is 10.5. The second-order valence-corrected chi connectivity index (χ2v) is 8.84. The van der Waals surface area contributed by atoms with E-state index in [2.05, 4.69) is 20.2 Å². The van der Waals surface area contributed by atoms with Gasteiger partial charge in [0.1, 0.15) is 21.5 Å². The second-order valence-electron chi connectivity index (χ2n) is 6.51. The molecule has 7 nitrogen and oxygen atoms in total. The molecule has 2 N–H and O–H groups in total. The second kappa shape index (κ2) is 7.41. The zero-order chi connectivity index (χ0) is 18.7. The summed E-state index contributed by atoms with van der Waals surface area (Å²) in [7, 11) is -3.00. The summed E-state index contributed by atoms with van der Waals surface area (Å²) in [5.74, 6) is 1.35. The topological polar surface area (TPSA) is 99.0 Å². The molecular formula is C18H23N5O2S. The number of hydrogen-bond donors (Lipinski definition) is 2. The lowest BCUT2D eigenvalue weighted by molar-refractivity contribution is 0.534. The molecule has 1 aliphatic heterocycles. The normalized spacial score (nSPS) is 15.7. The largest absolute Gasteiger partial charge is 0.371 e.